The van der Waals surface area contributed by atoms with Crippen molar-refractivity contribution in [2.75, 3.05) is 18.6 Å². The van der Waals surface area contributed by atoms with E-state index in [1.165, 1.54) is 4.90 Å². The van der Waals surface area contributed by atoms with Crippen molar-refractivity contribution in [1.82, 2.24) is 15.5 Å². The summed E-state index contributed by atoms with van der Waals surface area (Å²) in [6.45, 7) is 7.62. The van der Waals surface area contributed by atoms with Crippen molar-refractivity contribution >= 4 is 35.5 Å². The Kier molecular flexibility index (Phi) is 11.3. The van der Waals surface area contributed by atoms with Gasteiger partial charge < -0.3 is 26.4 Å². The number of rotatable bonds is 12. The Morgan fingerprint density at radius 2 is 1.81 bits per heavy atom. The van der Waals surface area contributed by atoms with Gasteiger partial charge in [0.25, 0.3) is 0 Å². The molecule has 5 atom stereocenters. The van der Waals surface area contributed by atoms with E-state index in [0.29, 0.717) is 32.2 Å². The maximum atomic E-state index is 13.4. The standard InChI is InChI=1S/C21H38N4O5S/c1-6-13(4)17(24-18(26)14(22)9-11-31-5)20(28)25-10-7-8-15(25)19(27)23-16(12(2)3)21(29)30/h12-17H,6-11,22H2,1-5H3,(H,23,27)(H,24,26)(H,29,30). The van der Waals surface area contributed by atoms with Crippen molar-refractivity contribution in [3.05, 3.63) is 0 Å². The van der Waals surface area contributed by atoms with Gasteiger partial charge in [0, 0.05) is 6.54 Å². The molecule has 1 aliphatic heterocycles. The number of carboxylic acids is 1. The molecule has 0 bridgehead atoms. The van der Waals surface area contributed by atoms with E-state index in [9.17, 15) is 24.3 Å². The molecule has 1 aliphatic rings. The molecule has 3 amide bonds. The number of likely N-dealkylation sites (tertiary alicyclic amines) is 1. The molecule has 178 valence electrons. The number of hydrogen-bond acceptors (Lipinski definition) is 6. The molecule has 1 rings (SSSR count). The number of nitrogens with two attached hydrogens (primary N) is 1. The second-order valence-corrected chi connectivity index (χ2v) is 9.50. The van der Waals surface area contributed by atoms with Gasteiger partial charge in [0.05, 0.1) is 6.04 Å². The summed E-state index contributed by atoms with van der Waals surface area (Å²) in [5.74, 6) is -1.97. The first-order valence-corrected chi connectivity index (χ1v) is 12.3. The largest absolute Gasteiger partial charge is 0.480 e. The molecule has 0 radical (unpaired) electrons. The third-order valence-electron chi connectivity index (χ3n) is 5.82. The van der Waals surface area contributed by atoms with Crippen LogP contribution in [0.3, 0.4) is 0 Å². The van der Waals surface area contributed by atoms with Crippen LogP contribution in [0.25, 0.3) is 0 Å². The Morgan fingerprint density at radius 3 is 2.32 bits per heavy atom. The van der Waals surface area contributed by atoms with Crippen LogP contribution >= 0.6 is 11.8 Å². The SMILES string of the molecule is CCC(C)C(NC(=O)C(N)CCSC)C(=O)N1CCCC1C(=O)NC(C(=O)O)C(C)C. The van der Waals surface area contributed by atoms with Gasteiger partial charge in [-0.25, -0.2) is 4.79 Å². The molecule has 1 fully saturated rings. The lowest BCUT2D eigenvalue weighted by Crippen LogP contribution is -2.58. The van der Waals surface area contributed by atoms with Gasteiger partial charge in [-0.15, -0.1) is 0 Å². The molecule has 9 nitrogen and oxygen atoms in total. The summed E-state index contributed by atoms with van der Waals surface area (Å²) in [6.07, 6.45) is 4.20. The summed E-state index contributed by atoms with van der Waals surface area (Å²) >= 11 is 1.59. The van der Waals surface area contributed by atoms with E-state index in [1.807, 2.05) is 20.1 Å². The Morgan fingerprint density at radius 1 is 1.16 bits per heavy atom. The van der Waals surface area contributed by atoms with Gasteiger partial charge in [-0.2, -0.15) is 11.8 Å². The van der Waals surface area contributed by atoms with E-state index in [2.05, 4.69) is 10.6 Å². The first-order valence-electron chi connectivity index (χ1n) is 10.9. The van der Waals surface area contributed by atoms with Crippen LogP contribution in [0.1, 0.15) is 53.4 Å². The highest BCUT2D eigenvalue weighted by Gasteiger charge is 2.40. The Hall–Kier alpha value is -1.81. The first kappa shape index (κ1) is 27.2. The minimum absolute atomic E-state index is 0.143. The predicted molar refractivity (Wildman–Crippen MR) is 121 cm³/mol. The lowest BCUT2D eigenvalue weighted by molar-refractivity contribution is -0.146. The van der Waals surface area contributed by atoms with Crippen LogP contribution < -0.4 is 16.4 Å². The van der Waals surface area contributed by atoms with Crippen molar-refractivity contribution in [3.8, 4) is 0 Å². The Bertz CT molecular complexity index is 645. The zero-order valence-electron chi connectivity index (χ0n) is 19.2. The number of nitrogens with zero attached hydrogens (tertiary/aromatic N) is 1. The van der Waals surface area contributed by atoms with Crippen molar-refractivity contribution in [2.45, 2.75) is 77.5 Å². The van der Waals surface area contributed by atoms with Crippen LogP contribution in [0.15, 0.2) is 0 Å². The zero-order valence-corrected chi connectivity index (χ0v) is 20.0. The minimum atomic E-state index is -1.11. The first-order chi connectivity index (χ1) is 14.5. The topological polar surface area (TPSA) is 142 Å². The van der Waals surface area contributed by atoms with E-state index >= 15 is 0 Å². The number of amides is 3. The summed E-state index contributed by atoms with van der Waals surface area (Å²) in [7, 11) is 0. The second-order valence-electron chi connectivity index (χ2n) is 8.52. The van der Waals surface area contributed by atoms with Gasteiger partial charge in [-0.3, -0.25) is 14.4 Å². The van der Waals surface area contributed by atoms with Gasteiger partial charge in [0.2, 0.25) is 17.7 Å². The van der Waals surface area contributed by atoms with Crippen molar-refractivity contribution < 1.29 is 24.3 Å². The number of carbonyl (C=O) groups is 4. The quantitative estimate of drug-likeness (QED) is 0.339. The molecular weight excluding hydrogens is 420 g/mol. The third-order valence-corrected chi connectivity index (χ3v) is 6.46. The number of hydrogen-bond donors (Lipinski definition) is 4. The highest BCUT2D eigenvalue weighted by Crippen LogP contribution is 2.22. The van der Waals surface area contributed by atoms with Gasteiger partial charge in [-0.1, -0.05) is 34.1 Å². The maximum Gasteiger partial charge on any atom is 0.326 e. The molecule has 0 saturated carbocycles. The van der Waals surface area contributed by atoms with Crippen molar-refractivity contribution in [2.24, 2.45) is 17.6 Å². The van der Waals surface area contributed by atoms with Gasteiger partial charge in [-0.05, 0) is 43.1 Å². The average Bonchev–Trinajstić information content (AvgIpc) is 3.22. The minimum Gasteiger partial charge on any atom is -0.480 e. The van der Waals surface area contributed by atoms with E-state index in [4.69, 9.17) is 5.73 Å². The fourth-order valence-electron chi connectivity index (χ4n) is 3.56. The van der Waals surface area contributed by atoms with Crippen LogP contribution in [0.5, 0.6) is 0 Å². The predicted octanol–water partition coefficient (Wildman–Crippen LogP) is 0.814. The Balaban J connectivity index is 2.96. The van der Waals surface area contributed by atoms with E-state index < -0.39 is 36.0 Å². The molecule has 0 aromatic heterocycles. The Labute approximate surface area is 189 Å². The van der Waals surface area contributed by atoms with Gasteiger partial charge in [0.1, 0.15) is 18.1 Å². The molecule has 0 spiro atoms. The molecule has 1 saturated heterocycles. The summed E-state index contributed by atoms with van der Waals surface area (Å²) < 4.78 is 0. The second kappa shape index (κ2) is 12.9. The average molecular weight is 459 g/mol. The van der Waals surface area contributed by atoms with Gasteiger partial charge in [0.15, 0.2) is 0 Å². The number of thioether (sulfide) groups is 1. The normalized spacial score (nSPS) is 20.1. The molecule has 5 unspecified atom stereocenters. The van der Waals surface area contributed by atoms with E-state index in [1.54, 1.807) is 25.6 Å². The number of carbonyl (C=O) groups excluding carboxylic acids is 3. The fourth-order valence-corrected chi connectivity index (χ4v) is 4.05. The highest BCUT2D eigenvalue weighted by atomic mass is 32.2. The summed E-state index contributed by atoms with van der Waals surface area (Å²) in [6, 6.07) is -3.26. The maximum absolute atomic E-state index is 13.4. The summed E-state index contributed by atoms with van der Waals surface area (Å²) in [5.41, 5.74) is 5.96. The lowest BCUT2D eigenvalue weighted by atomic mass is 9.96. The zero-order chi connectivity index (χ0) is 23.7. The number of nitrogens with one attached hydrogen (secondary N) is 2. The van der Waals surface area contributed by atoms with E-state index in [0.717, 1.165) is 5.75 Å². The number of aliphatic carboxylic acids is 1. The third kappa shape index (κ3) is 7.68. The van der Waals surface area contributed by atoms with Crippen LogP contribution in [-0.4, -0.2) is 76.4 Å². The molecule has 0 aromatic carbocycles. The fraction of sp³-hybridized carbons (Fsp3) is 0.810. The van der Waals surface area contributed by atoms with E-state index in [-0.39, 0.29) is 23.7 Å². The van der Waals surface area contributed by atoms with Gasteiger partial charge >= 0.3 is 5.97 Å². The van der Waals surface area contributed by atoms with Crippen LogP contribution in [0.2, 0.25) is 0 Å². The van der Waals surface area contributed by atoms with Crippen LogP contribution in [0, 0.1) is 11.8 Å². The highest BCUT2D eigenvalue weighted by molar-refractivity contribution is 7.98. The van der Waals surface area contributed by atoms with Crippen LogP contribution in [0.4, 0.5) is 0 Å². The molecule has 10 heteroatoms. The molecule has 5 N–H and O–H groups in total. The lowest BCUT2D eigenvalue weighted by Gasteiger charge is -2.32. The van der Waals surface area contributed by atoms with Crippen molar-refractivity contribution in [1.29, 1.82) is 0 Å². The smallest absolute Gasteiger partial charge is 0.326 e. The molecule has 31 heavy (non-hydrogen) atoms. The summed E-state index contributed by atoms with van der Waals surface area (Å²) in [5, 5.41) is 14.7. The molecule has 0 aliphatic carbocycles. The molecule has 0 aromatic rings. The summed E-state index contributed by atoms with van der Waals surface area (Å²) in [4.78, 5) is 51.6. The molecular formula is C21H38N4O5S. The van der Waals surface area contributed by atoms with Crippen LogP contribution in [-0.2, 0) is 19.2 Å². The monoisotopic (exact) mass is 458 g/mol. The number of carboxylic acid groups (broad SMARTS) is 1. The molecule has 1 heterocycles. The van der Waals surface area contributed by atoms with Crippen molar-refractivity contribution in [3.63, 3.8) is 0 Å².